The molecule has 0 aliphatic rings. The Morgan fingerprint density at radius 2 is 1.70 bits per heavy atom. The second-order valence-corrected chi connectivity index (χ2v) is 8.93. The number of hydrogen-bond acceptors (Lipinski definition) is 5. The molecule has 0 N–H and O–H groups in total. The number of halogens is 1. The molecule has 0 aliphatic carbocycles. The summed E-state index contributed by atoms with van der Waals surface area (Å²) in [6.45, 7) is 7.06. The van der Waals surface area contributed by atoms with Gasteiger partial charge in [0.05, 0.1) is 15.5 Å². The van der Waals surface area contributed by atoms with Crippen LogP contribution < -0.4 is 0 Å². The zero-order valence-electron chi connectivity index (χ0n) is 15.8. The van der Waals surface area contributed by atoms with E-state index in [2.05, 4.69) is 0 Å². The van der Waals surface area contributed by atoms with Crippen molar-refractivity contribution in [2.75, 3.05) is 6.26 Å². The summed E-state index contributed by atoms with van der Waals surface area (Å²) in [6.07, 6.45) is 1.02. The van der Waals surface area contributed by atoms with Crippen LogP contribution in [0.5, 0.6) is 0 Å². The Morgan fingerprint density at radius 1 is 1.07 bits per heavy atom. The molecular weight excluding hydrogens is 388 g/mol. The lowest BCUT2D eigenvalue weighted by Crippen LogP contribution is -2.11. The van der Waals surface area contributed by atoms with E-state index in [9.17, 15) is 18.0 Å². The van der Waals surface area contributed by atoms with E-state index in [1.165, 1.54) is 25.1 Å². The molecule has 7 heteroatoms. The van der Waals surface area contributed by atoms with Gasteiger partial charge in [-0.1, -0.05) is 17.7 Å². The van der Waals surface area contributed by atoms with E-state index in [1.807, 2.05) is 26.8 Å². The predicted octanol–water partition coefficient (Wildman–Crippen LogP) is 4.23. The summed E-state index contributed by atoms with van der Waals surface area (Å²) in [5.41, 5.74) is 4.04. The Balaban J connectivity index is 2.32. The van der Waals surface area contributed by atoms with Crippen LogP contribution in [0.3, 0.4) is 0 Å². The van der Waals surface area contributed by atoms with Gasteiger partial charge >= 0.3 is 5.97 Å². The number of carbonyl (C=O) groups is 2. The van der Waals surface area contributed by atoms with E-state index in [4.69, 9.17) is 16.3 Å². The monoisotopic (exact) mass is 408 g/mol. The summed E-state index contributed by atoms with van der Waals surface area (Å²) in [6, 6.07) is 5.85. The maximum Gasteiger partial charge on any atom is 0.338 e. The van der Waals surface area contributed by atoms with Crippen LogP contribution in [-0.4, -0.2) is 26.4 Å². The van der Waals surface area contributed by atoms with Crippen molar-refractivity contribution in [3.05, 3.63) is 62.7 Å². The van der Waals surface area contributed by atoms with Crippen LogP contribution in [0.2, 0.25) is 5.02 Å². The highest BCUT2D eigenvalue weighted by atomic mass is 35.5. The number of benzene rings is 2. The first-order valence-corrected chi connectivity index (χ1v) is 10.5. The number of carbonyl (C=O) groups excluding carboxylic acids is 2. The van der Waals surface area contributed by atoms with Crippen LogP contribution in [0.4, 0.5) is 0 Å². The van der Waals surface area contributed by atoms with Crippen LogP contribution >= 0.6 is 11.6 Å². The van der Waals surface area contributed by atoms with Gasteiger partial charge in [-0.3, -0.25) is 4.79 Å². The highest BCUT2D eigenvalue weighted by Crippen LogP contribution is 2.25. The highest BCUT2D eigenvalue weighted by molar-refractivity contribution is 7.90. The second-order valence-electron chi connectivity index (χ2n) is 6.54. The Bertz CT molecular complexity index is 1040. The summed E-state index contributed by atoms with van der Waals surface area (Å²) in [5.74, 6) is -0.714. The quantitative estimate of drug-likeness (QED) is 0.546. The third-order valence-electron chi connectivity index (χ3n) is 4.40. The van der Waals surface area contributed by atoms with E-state index >= 15 is 0 Å². The maximum absolute atomic E-state index is 12.4. The SMILES string of the molecule is CC(=O)c1c(C)cc(C)c(COC(=O)c2ccc(Cl)c(S(C)(=O)=O)c2)c1C. The van der Waals surface area contributed by atoms with Crippen molar-refractivity contribution in [1.29, 1.82) is 0 Å². The number of esters is 1. The summed E-state index contributed by atoms with van der Waals surface area (Å²) in [7, 11) is -3.57. The molecule has 5 nitrogen and oxygen atoms in total. The van der Waals surface area contributed by atoms with Crippen LogP contribution in [0.15, 0.2) is 29.2 Å². The van der Waals surface area contributed by atoms with Crippen molar-refractivity contribution in [2.24, 2.45) is 0 Å². The lowest BCUT2D eigenvalue weighted by molar-refractivity contribution is 0.0471. The van der Waals surface area contributed by atoms with Crippen molar-refractivity contribution in [2.45, 2.75) is 39.2 Å². The van der Waals surface area contributed by atoms with Crippen molar-refractivity contribution >= 4 is 33.2 Å². The Hall–Kier alpha value is -2.18. The minimum Gasteiger partial charge on any atom is -0.457 e. The number of hydrogen-bond donors (Lipinski definition) is 0. The normalized spacial score (nSPS) is 11.3. The van der Waals surface area contributed by atoms with Gasteiger partial charge in [0.15, 0.2) is 15.6 Å². The number of aryl methyl sites for hydroxylation is 2. The molecule has 0 fully saturated rings. The fraction of sp³-hybridized carbons (Fsp3) is 0.300. The molecule has 2 aromatic rings. The molecule has 0 aromatic heterocycles. The van der Waals surface area contributed by atoms with Gasteiger partial charge in [-0.2, -0.15) is 0 Å². The first kappa shape index (κ1) is 21.1. The third-order valence-corrected chi connectivity index (χ3v) is 5.98. The molecule has 2 rings (SSSR count). The van der Waals surface area contributed by atoms with E-state index in [-0.39, 0.29) is 27.9 Å². The molecule has 0 spiro atoms. The van der Waals surface area contributed by atoms with Crippen molar-refractivity contribution < 1.29 is 22.7 Å². The fourth-order valence-corrected chi connectivity index (χ4v) is 4.43. The summed E-state index contributed by atoms with van der Waals surface area (Å²) in [5, 5.41) is 0.0466. The molecule has 0 unspecified atom stereocenters. The summed E-state index contributed by atoms with van der Waals surface area (Å²) >= 11 is 5.90. The molecule has 144 valence electrons. The van der Waals surface area contributed by atoms with E-state index < -0.39 is 15.8 Å². The van der Waals surface area contributed by atoms with Gasteiger partial charge in [0, 0.05) is 11.8 Å². The van der Waals surface area contributed by atoms with Crippen molar-refractivity contribution in [3.63, 3.8) is 0 Å². The topological polar surface area (TPSA) is 77.5 Å². The third kappa shape index (κ3) is 4.57. The maximum atomic E-state index is 12.4. The van der Waals surface area contributed by atoms with Gasteiger partial charge in [-0.25, -0.2) is 13.2 Å². The molecular formula is C20H21ClO5S. The second kappa shape index (κ2) is 7.82. The lowest BCUT2D eigenvalue weighted by Gasteiger charge is -2.16. The smallest absolute Gasteiger partial charge is 0.338 e. The lowest BCUT2D eigenvalue weighted by atomic mass is 9.92. The molecule has 0 aliphatic heterocycles. The number of Topliss-reactive ketones (excluding diaryl/α,β-unsaturated/α-hetero) is 1. The molecule has 0 saturated carbocycles. The number of sulfone groups is 1. The standard InChI is InChI=1S/C20H21ClO5S/c1-11-8-12(2)19(14(4)22)13(3)16(11)10-26-20(23)15-6-7-17(21)18(9-15)27(5,24)25/h6-9H,10H2,1-5H3. The Labute approximate surface area is 164 Å². The van der Waals surface area contributed by atoms with Crippen molar-refractivity contribution in [3.8, 4) is 0 Å². The van der Waals surface area contributed by atoms with Gasteiger partial charge in [-0.05, 0) is 68.1 Å². The average molecular weight is 409 g/mol. The Morgan fingerprint density at radius 3 is 2.26 bits per heavy atom. The van der Waals surface area contributed by atoms with Gasteiger partial charge < -0.3 is 4.74 Å². The minimum atomic E-state index is -3.57. The number of rotatable bonds is 5. The van der Waals surface area contributed by atoms with Gasteiger partial charge in [-0.15, -0.1) is 0 Å². The van der Waals surface area contributed by atoms with Crippen LogP contribution in [-0.2, 0) is 21.2 Å². The zero-order valence-corrected chi connectivity index (χ0v) is 17.4. The first-order valence-electron chi connectivity index (χ1n) is 8.20. The first-order chi connectivity index (χ1) is 12.4. The average Bonchev–Trinajstić information content (AvgIpc) is 2.52. The van der Waals surface area contributed by atoms with E-state index in [0.29, 0.717) is 5.56 Å². The van der Waals surface area contributed by atoms with Gasteiger partial charge in [0.1, 0.15) is 6.61 Å². The molecule has 0 bridgehead atoms. The molecule has 0 saturated heterocycles. The Kier molecular flexibility index (Phi) is 6.12. The predicted molar refractivity (Wildman–Crippen MR) is 104 cm³/mol. The van der Waals surface area contributed by atoms with Crippen LogP contribution in [0.1, 0.15) is 49.9 Å². The molecule has 2 aromatic carbocycles. The largest absolute Gasteiger partial charge is 0.457 e. The summed E-state index contributed by atoms with van der Waals surface area (Å²) in [4.78, 5) is 24.2. The van der Waals surface area contributed by atoms with Crippen LogP contribution in [0, 0.1) is 20.8 Å². The molecule has 27 heavy (non-hydrogen) atoms. The van der Waals surface area contributed by atoms with Gasteiger partial charge in [0.2, 0.25) is 0 Å². The van der Waals surface area contributed by atoms with Crippen LogP contribution in [0.25, 0.3) is 0 Å². The number of ketones is 1. The van der Waals surface area contributed by atoms with Gasteiger partial charge in [0.25, 0.3) is 0 Å². The number of ether oxygens (including phenoxy) is 1. The summed E-state index contributed by atoms with van der Waals surface area (Å²) < 4.78 is 28.9. The zero-order chi connectivity index (χ0) is 20.5. The molecule has 0 atom stereocenters. The molecule has 0 heterocycles. The molecule has 0 amide bonds. The van der Waals surface area contributed by atoms with E-state index in [0.717, 1.165) is 28.5 Å². The fourth-order valence-electron chi connectivity index (χ4n) is 3.13. The van der Waals surface area contributed by atoms with Crippen molar-refractivity contribution in [1.82, 2.24) is 0 Å². The molecule has 0 radical (unpaired) electrons. The minimum absolute atomic E-state index is 0.0199. The van der Waals surface area contributed by atoms with E-state index in [1.54, 1.807) is 0 Å². The highest BCUT2D eigenvalue weighted by Gasteiger charge is 2.19.